The predicted molar refractivity (Wildman–Crippen MR) is 123 cm³/mol. The van der Waals surface area contributed by atoms with Gasteiger partial charge in [0.15, 0.2) is 0 Å². The van der Waals surface area contributed by atoms with Gasteiger partial charge in [-0.3, -0.25) is 9.69 Å². The number of rotatable bonds is 6. The minimum absolute atomic E-state index is 0.0299. The quantitative estimate of drug-likeness (QED) is 0.579. The summed E-state index contributed by atoms with van der Waals surface area (Å²) in [5.41, 5.74) is 2.31. The topological polar surface area (TPSA) is 76.4 Å². The van der Waals surface area contributed by atoms with Crippen molar-refractivity contribution >= 4 is 5.91 Å². The van der Waals surface area contributed by atoms with Crippen LogP contribution in [0.3, 0.4) is 0 Å². The number of imidazole rings is 1. The van der Waals surface area contributed by atoms with Gasteiger partial charge in [-0.05, 0) is 36.6 Å². The predicted octanol–water partition coefficient (Wildman–Crippen LogP) is 2.55. The maximum absolute atomic E-state index is 13.6. The second-order valence-electron chi connectivity index (χ2n) is 9.19. The lowest BCUT2D eigenvalue weighted by molar-refractivity contribution is -0.140. The van der Waals surface area contributed by atoms with Crippen molar-refractivity contribution in [1.29, 1.82) is 0 Å². The van der Waals surface area contributed by atoms with Crippen LogP contribution >= 0.6 is 0 Å². The number of hydrogen-bond donors (Lipinski definition) is 0. The van der Waals surface area contributed by atoms with Gasteiger partial charge in [0.05, 0.1) is 18.8 Å². The van der Waals surface area contributed by atoms with Crippen LogP contribution < -0.4 is 0 Å². The molecule has 8 nitrogen and oxygen atoms in total. The fourth-order valence-corrected chi connectivity index (χ4v) is 5.23. The Bertz CT molecular complexity index is 1050. The van der Waals surface area contributed by atoms with Gasteiger partial charge in [-0.25, -0.2) is 15.0 Å². The van der Waals surface area contributed by atoms with Crippen LogP contribution in [-0.4, -0.2) is 68.6 Å². The second kappa shape index (κ2) is 9.41. The Labute approximate surface area is 194 Å². The first kappa shape index (κ1) is 21.7. The summed E-state index contributed by atoms with van der Waals surface area (Å²) in [6, 6.07) is 10.4. The van der Waals surface area contributed by atoms with Gasteiger partial charge in [0, 0.05) is 75.8 Å². The first-order chi connectivity index (χ1) is 16.1. The molecule has 0 aliphatic carbocycles. The number of amides is 1. The standard InChI is InChI=1S/C25H30N6O2/c1-29(17-23-27-9-2-10-28-23)24(32)22-16-30(18-25(22)7-13-33-14-8-25)15-20-3-5-21(6-4-20)31-12-11-26-19-31/h2-6,9-12,19,22H,7-8,13-18H2,1H3/t22-/m1/s1. The lowest BCUT2D eigenvalue weighted by atomic mass is 9.71. The third-order valence-corrected chi connectivity index (χ3v) is 7.02. The summed E-state index contributed by atoms with van der Waals surface area (Å²) in [6.07, 6.45) is 10.8. The molecule has 5 rings (SSSR count). The van der Waals surface area contributed by atoms with Crippen LogP contribution in [0.2, 0.25) is 0 Å². The Morgan fingerprint density at radius 2 is 1.91 bits per heavy atom. The van der Waals surface area contributed by atoms with E-state index in [0.717, 1.165) is 51.4 Å². The van der Waals surface area contributed by atoms with Crippen LogP contribution in [0.5, 0.6) is 0 Å². The van der Waals surface area contributed by atoms with Gasteiger partial charge in [0.1, 0.15) is 5.82 Å². The Hall–Kier alpha value is -3.10. The van der Waals surface area contributed by atoms with E-state index in [2.05, 4.69) is 44.1 Å². The minimum atomic E-state index is -0.0414. The summed E-state index contributed by atoms with van der Waals surface area (Å²) in [4.78, 5) is 30.5. The summed E-state index contributed by atoms with van der Waals surface area (Å²) in [5, 5.41) is 0. The maximum Gasteiger partial charge on any atom is 0.227 e. The lowest BCUT2D eigenvalue weighted by Gasteiger charge is -2.38. The first-order valence-corrected chi connectivity index (χ1v) is 11.5. The van der Waals surface area contributed by atoms with Gasteiger partial charge in [-0.1, -0.05) is 12.1 Å². The van der Waals surface area contributed by atoms with E-state index in [1.54, 1.807) is 35.9 Å². The van der Waals surface area contributed by atoms with Crippen molar-refractivity contribution in [2.24, 2.45) is 11.3 Å². The molecule has 1 spiro atoms. The molecular weight excluding hydrogens is 416 g/mol. The Balaban J connectivity index is 1.29. The fraction of sp³-hybridized carbons (Fsp3) is 0.440. The Morgan fingerprint density at radius 1 is 1.15 bits per heavy atom. The number of nitrogens with zero attached hydrogens (tertiary/aromatic N) is 6. The summed E-state index contributed by atoms with van der Waals surface area (Å²) < 4.78 is 7.67. The number of aromatic nitrogens is 4. The molecule has 0 unspecified atom stereocenters. The monoisotopic (exact) mass is 446 g/mol. The summed E-state index contributed by atoms with van der Waals surface area (Å²) in [5.74, 6) is 0.810. The number of carbonyl (C=O) groups excluding carboxylic acids is 1. The van der Waals surface area contributed by atoms with Crippen molar-refractivity contribution in [3.63, 3.8) is 0 Å². The van der Waals surface area contributed by atoms with E-state index >= 15 is 0 Å². The zero-order valence-corrected chi connectivity index (χ0v) is 19.0. The molecule has 2 saturated heterocycles. The third kappa shape index (κ3) is 4.67. The van der Waals surface area contributed by atoms with Gasteiger partial charge in [0.25, 0.3) is 0 Å². The number of carbonyl (C=O) groups is 1. The zero-order valence-electron chi connectivity index (χ0n) is 19.0. The lowest BCUT2D eigenvalue weighted by Crippen LogP contribution is -2.45. The molecule has 33 heavy (non-hydrogen) atoms. The third-order valence-electron chi connectivity index (χ3n) is 7.02. The number of likely N-dealkylation sites (tertiary alicyclic amines) is 1. The number of benzene rings is 1. The highest BCUT2D eigenvalue weighted by atomic mass is 16.5. The molecule has 4 heterocycles. The highest BCUT2D eigenvalue weighted by molar-refractivity contribution is 5.80. The van der Waals surface area contributed by atoms with Crippen LogP contribution in [0.1, 0.15) is 24.2 Å². The SMILES string of the molecule is CN(Cc1ncccn1)C(=O)[C@H]1CN(Cc2ccc(-n3ccnc3)cc2)CC12CCOCC2. The van der Waals surface area contributed by atoms with E-state index in [0.29, 0.717) is 12.4 Å². The molecule has 0 bridgehead atoms. The summed E-state index contributed by atoms with van der Waals surface area (Å²) in [6.45, 7) is 4.40. The normalized spacial score (nSPS) is 20.2. The van der Waals surface area contributed by atoms with Crippen molar-refractivity contribution in [2.45, 2.75) is 25.9 Å². The average Bonchev–Trinajstić information content (AvgIpc) is 3.49. The first-order valence-electron chi connectivity index (χ1n) is 11.5. The molecule has 172 valence electrons. The number of hydrogen-bond acceptors (Lipinski definition) is 6. The molecule has 1 amide bonds. The molecule has 2 fully saturated rings. The van der Waals surface area contributed by atoms with Crippen molar-refractivity contribution in [1.82, 2.24) is 29.3 Å². The number of ether oxygens (including phenoxy) is 1. The average molecular weight is 447 g/mol. The molecule has 3 aromatic rings. The Kier molecular flexibility index (Phi) is 6.20. The molecule has 0 saturated carbocycles. The van der Waals surface area contributed by atoms with E-state index in [1.165, 1.54) is 5.56 Å². The van der Waals surface area contributed by atoms with Crippen molar-refractivity contribution in [2.75, 3.05) is 33.4 Å². The van der Waals surface area contributed by atoms with Gasteiger partial charge in [-0.2, -0.15) is 0 Å². The van der Waals surface area contributed by atoms with Gasteiger partial charge >= 0.3 is 0 Å². The van der Waals surface area contributed by atoms with Crippen LogP contribution in [0.4, 0.5) is 0 Å². The maximum atomic E-state index is 13.6. The van der Waals surface area contributed by atoms with Crippen molar-refractivity contribution in [3.05, 3.63) is 72.8 Å². The fourth-order valence-electron chi connectivity index (χ4n) is 5.23. The van der Waals surface area contributed by atoms with Gasteiger partial charge in [-0.15, -0.1) is 0 Å². The second-order valence-corrected chi connectivity index (χ2v) is 9.19. The van der Waals surface area contributed by atoms with E-state index in [4.69, 9.17) is 4.74 Å². The van der Waals surface area contributed by atoms with Crippen LogP contribution in [-0.2, 0) is 22.6 Å². The molecule has 2 aliphatic heterocycles. The minimum Gasteiger partial charge on any atom is -0.381 e. The molecule has 2 aliphatic rings. The van der Waals surface area contributed by atoms with Gasteiger partial charge < -0.3 is 14.2 Å². The Morgan fingerprint density at radius 3 is 2.61 bits per heavy atom. The molecular formula is C25H30N6O2. The highest BCUT2D eigenvalue weighted by Crippen LogP contribution is 2.45. The molecule has 0 N–H and O–H groups in total. The van der Waals surface area contributed by atoms with Crippen LogP contribution in [0.25, 0.3) is 5.69 Å². The van der Waals surface area contributed by atoms with E-state index in [1.807, 2.05) is 17.8 Å². The molecule has 2 aromatic heterocycles. The summed E-state index contributed by atoms with van der Waals surface area (Å²) in [7, 11) is 1.86. The van der Waals surface area contributed by atoms with Crippen molar-refractivity contribution < 1.29 is 9.53 Å². The molecule has 1 aromatic carbocycles. The van der Waals surface area contributed by atoms with E-state index in [-0.39, 0.29) is 17.2 Å². The van der Waals surface area contributed by atoms with Gasteiger partial charge in [0.2, 0.25) is 5.91 Å². The highest BCUT2D eigenvalue weighted by Gasteiger charge is 2.51. The molecule has 1 atom stereocenters. The molecule has 0 radical (unpaired) electrons. The largest absolute Gasteiger partial charge is 0.381 e. The zero-order chi connectivity index (χ0) is 22.7. The van der Waals surface area contributed by atoms with Crippen molar-refractivity contribution in [3.8, 4) is 5.69 Å². The van der Waals surface area contributed by atoms with E-state index in [9.17, 15) is 4.79 Å². The smallest absolute Gasteiger partial charge is 0.227 e. The molecule has 8 heteroatoms. The van der Waals surface area contributed by atoms with E-state index < -0.39 is 0 Å². The van der Waals surface area contributed by atoms with Crippen LogP contribution in [0.15, 0.2) is 61.4 Å². The summed E-state index contributed by atoms with van der Waals surface area (Å²) >= 11 is 0. The van der Waals surface area contributed by atoms with Crippen LogP contribution in [0, 0.1) is 11.3 Å².